The molecule has 9 heteroatoms. The maximum Gasteiger partial charge on any atom is 0.322 e. The molecule has 0 fully saturated rings. The first-order valence-electron chi connectivity index (χ1n) is 11.0. The van der Waals surface area contributed by atoms with Crippen LogP contribution in [-0.2, 0) is 0 Å². The zero-order chi connectivity index (χ0) is 23.7. The molecule has 34 heavy (non-hydrogen) atoms. The van der Waals surface area contributed by atoms with E-state index >= 15 is 0 Å². The molecule has 1 atom stereocenters. The number of hydrogen-bond donors (Lipinski definition) is 1. The van der Waals surface area contributed by atoms with Gasteiger partial charge in [-0.25, -0.2) is 4.79 Å². The molecule has 5 rings (SSSR count). The van der Waals surface area contributed by atoms with Gasteiger partial charge in [-0.1, -0.05) is 23.4 Å². The zero-order valence-corrected chi connectivity index (χ0v) is 18.9. The van der Waals surface area contributed by atoms with Crippen molar-refractivity contribution >= 4 is 11.6 Å². The number of urea groups is 1. The van der Waals surface area contributed by atoms with Gasteiger partial charge in [-0.2, -0.15) is 4.98 Å². The summed E-state index contributed by atoms with van der Waals surface area (Å²) in [5.74, 6) is 2.79. The van der Waals surface area contributed by atoms with Crippen LogP contribution in [0.4, 0.5) is 4.79 Å². The van der Waals surface area contributed by atoms with E-state index in [1.165, 1.54) is 0 Å². The monoisotopic (exact) mass is 460 g/mol. The van der Waals surface area contributed by atoms with Crippen LogP contribution < -0.4 is 19.5 Å². The van der Waals surface area contributed by atoms with Gasteiger partial charge in [-0.05, 0) is 49.7 Å². The molecule has 2 amide bonds. The number of carbonyl (C=O) groups excluding carboxylic acids is 1. The molecule has 1 unspecified atom stereocenters. The highest BCUT2D eigenvalue weighted by atomic mass is 16.7. The largest absolute Gasteiger partial charge is 0.494 e. The first-order chi connectivity index (χ1) is 16.6. The molecule has 0 saturated heterocycles. The number of amides is 2. The van der Waals surface area contributed by atoms with Crippen molar-refractivity contribution in [2.75, 3.05) is 19.9 Å². The number of nitrogens with zero attached hydrogens (tertiary/aromatic N) is 3. The van der Waals surface area contributed by atoms with Crippen LogP contribution in [-0.4, -0.2) is 41.0 Å². The lowest BCUT2D eigenvalue weighted by molar-refractivity contribution is 0.174. The van der Waals surface area contributed by atoms with Crippen LogP contribution in [0.15, 0.2) is 65.3 Å². The normalized spacial score (nSPS) is 17.1. The third-order valence-electron chi connectivity index (χ3n) is 5.72. The van der Waals surface area contributed by atoms with Gasteiger partial charge in [-0.3, -0.25) is 4.90 Å². The fraction of sp³-hybridized carbons (Fsp3) is 0.240. The predicted molar refractivity (Wildman–Crippen MR) is 124 cm³/mol. The number of aromatic nitrogens is 2. The Morgan fingerprint density at radius 2 is 2.00 bits per heavy atom. The number of fused-ring (bicyclic) bond motifs is 1. The topological polar surface area (TPSA) is 99.0 Å². The van der Waals surface area contributed by atoms with Crippen LogP contribution in [0, 0.1) is 0 Å². The summed E-state index contributed by atoms with van der Waals surface area (Å²) in [5.41, 5.74) is 3.03. The van der Waals surface area contributed by atoms with Gasteiger partial charge in [-0.15, -0.1) is 6.58 Å². The summed E-state index contributed by atoms with van der Waals surface area (Å²) in [6.45, 7) is 8.67. The van der Waals surface area contributed by atoms with Crippen molar-refractivity contribution in [2.45, 2.75) is 19.9 Å². The number of nitrogens with one attached hydrogen (secondary N) is 1. The smallest absolute Gasteiger partial charge is 0.322 e. The Bertz CT molecular complexity index is 1260. The molecule has 1 N–H and O–H groups in total. The first kappa shape index (κ1) is 21.6. The van der Waals surface area contributed by atoms with Crippen LogP contribution >= 0.6 is 0 Å². The van der Waals surface area contributed by atoms with Gasteiger partial charge >= 0.3 is 6.03 Å². The van der Waals surface area contributed by atoms with Gasteiger partial charge < -0.3 is 24.1 Å². The number of carbonyl (C=O) groups is 1. The van der Waals surface area contributed by atoms with E-state index in [2.05, 4.69) is 22.0 Å². The molecule has 174 valence electrons. The maximum absolute atomic E-state index is 12.9. The number of hydrogen-bond acceptors (Lipinski definition) is 7. The minimum Gasteiger partial charge on any atom is -0.494 e. The molecule has 3 aromatic rings. The quantitative estimate of drug-likeness (QED) is 0.517. The Morgan fingerprint density at radius 1 is 1.21 bits per heavy atom. The Labute approximate surface area is 196 Å². The van der Waals surface area contributed by atoms with Crippen molar-refractivity contribution in [1.82, 2.24) is 20.4 Å². The van der Waals surface area contributed by atoms with Gasteiger partial charge in [0.25, 0.3) is 5.89 Å². The molecule has 9 nitrogen and oxygen atoms in total. The highest BCUT2D eigenvalue weighted by Gasteiger charge is 2.35. The van der Waals surface area contributed by atoms with Crippen molar-refractivity contribution in [2.24, 2.45) is 0 Å². The number of allylic oxidation sites excluding steroid dienone is 1. The van der Waals surface area contributed by atoms with Crippen LogP contribution in [0.2, 0.25) is 0 Å². The third-order valence-corrected chi connectivity index (χ3v) is 5.72. The average Bonchev–Trinajstić information content (AvgIpc) is 3.51. The zero-order valence-electron chi connectivity index (χ0n) is 18.9. The molecule has 2 aliphatic heterocycles. The summed E-state index contributed by atoms with van der Waals surface area (Å²) < 4.78 is 22.1. The van der Waals surface area contributed by atoms with Gasteiger partial charge in [0.2, 0.25) is 12.6 Å². The molecule has 0 saturated carbocycles. The molecular weight excluding hydrogens is 436 g/mol. The van der Waals surface area contributed by atoms with Gasteiger partial charge in [0.1, 0.15) is 5.75 Å². The average molecular weight is 460 g/mol. The number of ether oxygens (including phenoxy) is 3. The summed E-state index contributed by atoms with van der Waals surface area (Å²) in [7, 11) is 0. The van der Waals surface area contributed by atoms with Crippen molar-refractivity contribution in [3.05, 3.63) is 72.3 Å². The Hall–Kier alpha value is -4.27. The van der Waals surface area contributed by atoms with Crippen molar-refractivity contribution in [1.29, 1.82) is 0 Å². The molecule has 0 spiro atoms. The van der Waals surface area contributed by atoms with Gasteiger partial charge in [0.15, 0.2) is 11.5 Å². The van der Waals surface area contributed by atoms with Crippen LogP contribution in [0.25, 0.3) is 17.0 Å². The van der Waals surface area contributed by atoms with Gasteiger partial charge in [0.05, 0.1) is 18.2 Å². The molecule has 1 aromatic heterocycles. The minimum absolute atomic E-state index is 0.185. The van der Waals surface area contributed by atoms with Crippen molar-refractivity contribution < 1.29 is 23.5 Å². The number of benzene rings is 2. The van der Waals surface area contributed by atoms with Gasteiger partial charge in [0, 0.05) is 17.8 Å². The van der Waals surface area contributed by atoms with Crippen LogP contribution in [0.1, 0.15) is 31.3 Å². The molecular formula is C25H24N4O5. The molecule has 3 heterocycles. The first-order valence-corrected chi connectivity index (χ1v) is 11.0. The van der Waals surface area contributed by atoms with Crippen LogP contribution in [0.3, 0.4) is 0 Å². The fourth-order valence-electron chi connectivity index (χ4n) is 4.07. The minimum atomic E-state index is -0.478. The lowest BCUT2D eigenvalue weighted by Gasteiger charge is -2.34. The van der Waals surface area contributed by atoms with Crippen LogP contribution in [0.5, 0.6) is 17.2 Å². The third kappa shape index (κ3) is 3.85. The maximum atomic E-state index is 12.9. The van der Waals surface area contributed by atoms with E-state index in [0.717, 1.165) is 16.9 Å². The molecule has 0 radical (unpaired) electrons. The SMILES string of the molecule is C=CCN1C(=O)NC(c2ccc(OCC)cc2)C(c2nc(-c3ccc4c(c3)OCO4)no2)=C1C. The van der Waals surface area contributed by atoms with E-state index in [9.17, 15) is 4.79 Å². The number of rotatable bonds is 7. The lowest BCUT2D eigenvalue weighted by atomic mass is 9.94. The molecule has 2 aliphatic rings. The standard InChI is InChI=1S/C25H24N4O5/c1-4-12-29-15(3)21(22(26-25(29)30)16-6-9-18(10-7-16)31-5-2)24-27-23(28-34-24)17-8-11-19-20(13-17)33-14-32-19/h4,6-11,13,22H,1,5,12,14H2,2-3H3,(H,26,30). The molecule has 2 aromatic carbocycles. The second-order valence-electron chi connectivity index (χ2n) is 7.77. The molecule has 0 aliphatic carbocycles. The highest BCUT2D eigenvalue weighted by molar-refractivity contribution is 5.87. The molecule has 0 bridgehead atoms. The van der Waals surface area contributed by atoms with E-state index in [1.807, 2.05) is 56.3 Å². The van der Waals surface area contributed by atoms with Crippen molar-refractivity contribution in [3.8, 4) is 28.6 Å². The van der Waals surface area contributed by atoms with E-state index in [0.29, 0.717) is 47.6 Å². The van der Waals surface area contributed by atoms with E-state index < -0.39 is 6.04 Å². The van der Waals surface area contributed by atoms with E-state index in [-0.39, 0.29) is 12.8 Å². The predicted octanol–water partition coefficient (Wildman–Crippen LogP) is 4.55. The second kappa shape index (κ2) is 8.93. The summed E-state index contributed by atoms with van der Waals surface area (Å²) in [5, 5.41) is 7.25. The summed E-state index contributed by atoms with van der Waals surface area (Å²) >= 11 is 0. The van der Waals surface area contributed by atoms with Crippen molar-refractivity contribution in [3.63, 3.8) is 0 Å². The summed E-state index contributed by atoms with van der Waals surface area (Å²) in [6.07, 6.45) is 1.67. The Kier molecular flexibility index (Phi) is 5.67. The lowest BCUT2D eigenvalue weighted by Crippen LogP contribution is -2.46. The second-order valence-corrected chi connectivity index (χ2v) is 7.77. The Balaban J connectivity index is 1.55. The highest BCUT2D eigenvalue weighted by Crippen LogP contribution is 2.39. The fourth-order valence-corrected chi connectivity index (χ4v) is 4.07. The summed E-state index contributed by atoms with van der Waals surface area (Å²) in [6, 6.07) is 12.4. The van der Waals surface area contributed by atoms with E-state index in [1.54, 1.807) is 11.0 Å². The Morgan fingerprint density at radius 3 is 2.76 bits per heavy atom. The van der Waals surface area contributed by atoms with E-state index in [4.69, 9.17) is 18.7 Å². The summed E-state index contributed by atoms with van der Waals surface area (Å²) in [4.78, 5) is 19.1.